The zero-order chi connectivity index (χ0) is 23.9. The van der Waals surface area contributed by atoms with Crippen LogP contribution in [0.3, 0.4) is 0 Å². The normalized spacial score (nSPS) is 20.9. The van der Waals surface area contributed by atoms with Crippen LogP contribution in [0.1, 0.15) is 24.8 Å². The summed E-state index contributed by atoms with van der Waals surface area (Å²) in [5, 5.41) is 18.3. The van der Waals surface area contributed by atoms with Crippen molar-refractivity contribution >= 4 is 17.6 Å². The van der Waals surface area contributed by atoms with Crippen LogP contribution < -0.4 is 30.2 Å². The van der Waals surface area contributed by atoms with Crippen LogP contribution in [0.15, 0.2) is 42.5 Å². The summed E-state index contributed by atoms with van der Waals surface area (Å²) in [7, 11) is 1.60. The Morgan fingerprint density at radius 1 is 1.09 bits per heavy atom. The molecule has 3 atom stereocenters. The number of rotatable bonds is 8. The highest BCUT2D eigenvalue weighted by Gasteiger charge is 2.33. The summed E-state index contributed by atoms with van der Waals surface area (Å²) in [6, 6.07) is 11.8. The van der Waals surface area contributed by atoms with Gasteiger partial charge in [-0.15, -0.1) is 0 Å². The number of benzene rings is 2. The molecule has 10 nitrogen and oxygen atoms in total. The highest BCUT2D eigenvalue weighted by Crippen LogP contribution is 2.34. The molecule has 0 aliphatic carbocycles. The van der Waals surface area contributed by atoms with Crippen LogP contribution in [0.4, 0.5) is 10.5 Å². The molecule has 0 aromatic heterocycles. The third kappa shape index (κ3) is 6.09. The number of urea groups is 1. The van der Waals surface area contributed by atoms with Gasteiger partial charge in [-0.1, -0.05) is 12.1 Å². The molecular weight excluding hydrogens is 442 g/mol. The van der Waals surface area contributed by atoms with Gasteiger partial charge in [-0.05, 0) is 42.7 Å². The van der Waals surface area contributed by atoms with Gasteiger partial charge in [-0.3, -0.25) is 4.79 Å². The van der Waals surface area contributed by atoms with Crippen molar-refractivity contribution in [3.63, 3.8) is 0 Å². The minimum Gasteiger partial charge on any atom is -0.497 e. The molecular formula is C24H29N3O7. The Hall–Kier alpha value is -3.50. The fourth-order valence-electron chi connectivity index (χ4n) is 3.98. The van der Waals surface area contributed by atoms with Crippen LogP contribution in [0, 0.1) is 0 Å². The van der Waals surface area contributed by atoms with E-state index >= 15 is 0 Å². The van der Waals surface area contributed by atoms with E-state index in [1.165, 1.54) is 0 Å². The zero-order valence-corrected chi connectivity index (χ0v) is 18.9. The molecule has 182 valence electrons. The molecule has 2 heterocycles. The number of carbonyl (C=O) groups is 2. The van der Waals surface area contributed by atoms with Gasteiger partial charge >= 0.3 is 6.03 Å². The van der Waals surface area contributed by atoms with Crippen molar-refractivity contribution in [2.45, 2.75) is 44.1 Å². The minimum absolute atomic E-state index is 0.135. The molecule has 2 aliphatic rings. The Balaban J connectivity index is 1.22. The number of aliphatic hydroxyl groups is 1. The molecule has 34 heavy (non-hydrogen) atoms. The fraction of sp³-hybridized carbons (Fsp3) is 0.417. The first kappa shape index (κ1) is 23.7. The monoisotopic (exact) mass is 471 g/mol. The second kappa shape index (κ2) is 11.1. The number of nitrogens with one attached hydrogen (secondary N) is 3. The van der Waals surface area contributed by atoms with Crippen molar-refractivity contribution in [2.75, 3.05) is 25.8 Å². The van der Waals surface area contributed by atoms with Crippen molar-refractivity contribution in [1.29, 1.82) is 0 Å². The summed E-state index contributed by atoms with van der Waals surface area (Å²) < 4.78 is 21.6. The number of amides is 3. The predicted octanol–water partition coefficient (Wildman–Crippen LogP) is 2.16. The topological polar surface area (TPSA) is 127 Å². The summed E-state index contributed by atoms with van der Waals surface area (Å²) in [4.78, 5) is 24.8. The molecule has 1 saturated heterocycles. The van der Waals surface area contributed by atoms with Gasteiger partial charge in [-0.25, -0.2) is 4.79 Å². The van der Waals surface area contributed by atoms with Crippen molar-refractivity contribution in [1.82, 2.24) is 10.6 Å². The van der Waals surface area contributed by atoms with Crippen LogP contribution in [-0.4, -0.2) is 55.8 Å². The lowest BCUT2D eigenvalue weighted by Crippen LogP contribution is -2.52. The first-order valence-corrected chi connectivity index (χ1v) is 11.2. The lowest BCUT2D eigenvalue weighted by molar-refractivity contribution is -0.130. The summed E-state index contributed by atoms with van der Waals surface area (Å²) in [5.74, 6) is 1.82. The second-order valence-electron chi connectivity index (χ2n) is 8.16. The van der Waals surface area contributed by atoms with Gasteiger partial charge in [0.2, 0.25) is 12.7 Å². The maximum atomic E-state index is 12.5. The summed E-state index contributed by atoms with van der Waals surface area (Å²) >= 11 is 0. The average molecular weight is 472 g/mol. The van der Waals surface area contributed by atoms with E-state index in [1.54, 1.807) is 25.3 Å². The Labute approximate surface area is 197 Å². The van der Waals surface area contributed by atoms with E-state index in [-0.39, 0.29) is 37.9 Å². The van der Waals surface area contributed by atoms with Crippen molar-refractivity contribution in [3.8, 4) is 17.2 Å². The molecule has 0 bridgehead atoms. The molecule has 0 unspecified atom stereocenters. The quantitative estimate of drug-likeness (QED) is 0.465. The van der Waals surface area contributed by atoms with Gasteiger partial charge in [-0.2, -0.15) is 0 Å². The molecule has 2 aromatic carbocycles. The maximum absolute atomic E-state index is 12.5. The van der Waals surface area contributed by atoms with Crippen molar-refractivity contribution in [3.05, 3.63) is 48.0 Å². The number of carbonyl (C=O) groups excluding carboxylic acids is 2. The molecule has 4 rings (SSSR count). The number of ether oxygens (including phenoxy) is 4. The molecule has 10 heteroatoms. The van der Waals surface area contributed by atoms with E-state index in [9.17, 15) is 14.7 Å². The van der Waals surface area contributed by atoms with E-state index in [2.05, 4.69) is 16.0 Å². The van der Waals surface area contributed by atoms with Gasteiger partial charge in [0, 0.05) is 18.3 Å². The number of hydrogen-bond acceptors (Lipinski definition) is 7. The van der Waals surface area contributed by atoms with Crippen LogP contribution >= 0.6 is 0 Å². The maximum Gasteiger partial charge on any atom is 0.319 e. The predicted molar refractivity (Wildman–Crippen MR) is 123 cm³/mol. The molecule has 0 saturated carbocycles. The van der Waals surface area contributed by atoms with Crippen molar-refractivity contribution < 1.29 is 33.6 Å². The highest BCUT2D eigenvalue weighted by atomic mass is 16.7. The van der Waals surface area contributed by atoms with Crippen LogP contribution in [0.2, 0.25) is 0 Å². The third-order valence-electron chi connectivity index (χ3n) is 5.80. The van der Waals surface area contributed by atoms with E-state index < -0.39 is 12.1 Å². The smallest absolute Gasteiger partial charge is 0.319 e. The first-order valence-electron chi connectivity index (χ1n) is 11.2. The van der Waals surface area contributed by atoms with E-state index in [0.29, 0.717) is 36.6 Å². The zero-order valence-electron chi connectivity index (χ0n) is 18.9. The lowest BCUT2D eigenvalue weighted by atomic mass is 9.97. The van der Waals surface area contributed by atoms with Gasteiger partial charge in [0.15, 0.2) is 11.5 Å². The summed E-state index contributed by atoms with van der Waals surface area (Å²) in [5.41, 5.74) is 1.52. The Kier molecular flexibility index (Phi) is 7.71. The number of aliphatic hydroxyl groups excluding tert-OH is 1. The van der Waals surface area contributed by atoms with E-state index in [0.717, 1.165) is 11.3 Å². The van der Waals surface area contributed by atoms with Gasteiger partial charge in [0.1, 0.15) is 11.9 Å². The van der Waals surface area contributed by atoms with Crippen LogP contribution in [0.5, 0.6) is 17.2 Å². The minimum atomic E-state index is -0.601. The molecule has 2 aliphatic heterocycles. The lowest BCUT2D eigenvalue weighted by Gasteiger charge is -2.35. The molecule has 3 amide bonds. The number of fused-ring (bicyclic) bond motifs is 1. The number of methoxy groups -OCH3 is 1. The first-order chi connectivity index (χ1) is 16.5. The molecule has 1 fully saturated rings. The Bertz CT molecular complexity index is 999. The molecule has 4 N–H and O–H groups in total. The second-order valence-corrected chi connectivity index (χ2v) is 8.16. The summed E-state index contributed by atoms with van der Waals surface area (Å²) in [6.07, 6.45) is 0.416. The van der Waals surface area contributed by atoms with E-state index in [4.69, 9.17) is 18.9 Å². The van der Waals surface area contributed by atoms with Gasteiger partial charge in [0.05, 0.1) is 32.3 Å². The standard InChI is InChI=1S/C24H29N3O7/c1-31-17-5-2-15(3-6-17)12-25-23(29)11-18-7-8-19(22(13-28)34-18)27-24(30)26-16-4-9-20-21(10-16)33-14-32-20/h2-6,9-10,18-19,22,28H,7-8,11-14H2,1H3,(H,25,29)(H2,26,27,30)/t18-,19-,22+/m1/s1. The van der Waals surface area contributed by atoms with Gasteiger partial charge in [0.25, 0.3) is 0 Å². The Morgan fingerprint density at radius 2 is 1.88 bits per heavy atom. The average Bonchev–Trinajstić information content (AvgIpc) is 3.32. The third-order valence-corrected chi connectivity index (χ3v) is 5.80. The Morgan fingerprint density at radius 3 is 2.65 bits per heavy atom. The molecule has 2 aromatic rings. The number of anilines is 1. The molecule has 0 radical (unpaired) electrons. The van der Waals surface area contributed by atoms with E-state index in [1.807, 2.05) is 24.3 Å². The van der Waals surface area contributed by atoms with Crippen molar-refractivity contribution in [2.24, 2.45) is 0 Å². The SMILES string of the molecule is COc1ccc(CNC(=O)C[C@H]2CC[C@@H](NC(=O)Nc3ccc4c(c3)OCO4)[C@H](CO)O2)cc1. The summed E-state index contributed by atoms with van der Waals surface area (Å²) in [6.45, 7) is 0.297. The van der Waals surface area contributed by atoms with Gasteiger partial charge < -0.3 is 40.0 Å². The largest absolute Gasteiger partial charge is 0.497 e. The number of hydrogen-bond donors (Lipinski definition) is 4. The highest BCUT2D eigenvalue weighted by molar-refractivity contribution is 5.90. The van der Waals surface area contributed by atoms with Crippen LogP contribution in [0.25, 0.3) is 0 Å². The fourth-order valence-corrected chi connectivity index (χ4v) is 3.98. The molecule has 0 spiro atoms. The van der Waals surface area contributed by atoms with Crippen LogP contribution in [-0.2, 0) is 16.1 Å².